The largest absolute Gasteiger partial charge is 0.483 e. The van der Waals surface area contributed by atoms with Crippen molar-refractivity contribution in [1.29, 1.82) is 0 Å². The number of primary amides is 1. The molecule has 0 saturated carbocycles. The van der Waals surface area contributed by atoms with Crippen LogP contribution in [0.2, 0.25) is 0 Å². The van der Waals surface area contributed by atoms with E-state index in [2.05, 4.69) is 27.3 Å². The molecule has 3 N–H and O–H groups in total. The van der Waals surface area contributed by atoms with Crippen molar-refractivity contribution in [2.45, 2.75) is 13.5 Å². The minimum absolute atomic E-state index is 0.117. The Morgan fingerprint density at radius 3 is 2.76 bits per heavy atom. The zero-order valence-electron chi connectivity index (χ0n) is 11.7. The average Bonchev–Trinajstić information content (AvgIpc) is 2.45. The zero-order valence-corrected chi connectivity index (χ0v) is 13.3. The van der Waals surface area contributed by atoms with Gasteiger partial charge < -0.3 is 15.8 Å². The first-order chi connectivity index (χ1) is 10.1. The Morgan fingerprint density at radius 1 is 1.29 bits per heavy atom. The van der Waals surface area contributed by atoms with Crippen molar-refractivity contribution < 1.29 is 9.53 Å². The number of hydrogen-bond donors (Lipinski definition) is 2. The smallest absolute Gasteiger partial charge is 0.255 e. The third kappa shape index (κ3) is 4.49. The van der Waals surface area contributed by atoms with Crippen LogP contribution in [0.25, 0.3) is 0 Å². The average molecular weight is 349 g/mol. The molecule has 0 radical (unpaired) electrons. The molecule has 2 aromatic carbocycles. The van der Waals surface area contributed by atoms with Crippen molar-refractivity contribution in [3.8, 4) is 5.75 Å². The number of benzene rings is 2. The summed E-state index contributed by atoms with van der Waals surface area (Å²) in [4.78, 5) is 10.8. The SMILES string of the molecule is Cc1cc(Br)ccc1NCc1ccccc1OCC(N)=O. The van der Waals surface area contributed by atoms with Crippen molar-refractivity contribution in [3.05, 3.63) is 58.1 Å². The van der Waals surface area contributed by atoms with Gasteiger partial charge in [0.1, 0.15) is 5.75 Å². The molecule has 110 valence electrons. The number of nitrogens with one attached hydrogen (secondary N) is 1. The van der Waals surface area contributed by atoms with Crippen LogP contribution in [0.5, 0.6) is 5.75 Å². The van der Waals surface area contributed by atoms with Crippen LogP contribution in [0.4, 0.5) is 5.69 Å². The number of ether oxygens (including phenoxy) is 1. The lowest BCUT2D eigenvalue weighted by atomic mass is 10.1. The summed E-state index contributed by atoms with van der Waals surface area (Å²) in [5.41, 5.74) is 8.29. The molecular formula is C16H17BrN2O2. The highest BCUT2D eigenvalue weighted by Crippen LogP contribution is 2.23. The maximum absolute atomic E-state index is 10.8. The van der Waals surface area contributed by atoms with Gasteiger partial charge >= 0.3 is 0 Å². The van der Waals surface area contributed by atoms with Gasteiger partial charge in [-0.15, -0.1) is 0 Å². The fourth-order valence-electron chi connectivity index (χ4n) is 1.96. The summed E-state index contributed by atoms with van der Waals surface area (Å²) in [7, 11) is 0. The molecule has 2 rings (SSSR count). The maximum Gasteiger partial charge on any atom is 0.255 e. The van der Waals surface area contributed by atoms with E-state index in [-0.39, 0.29) is 6.61 Å². The van der Waals surface area contributed by atoms with E-state index in [4.69, 9.17) is 10.5 Å². The predicted molar refractivity (Wildman–Crippen MR) is 87.3 cm³/mol. The first-order valence-electron chi connectivity index (χ1n) is 6.55. The van der Waals surface area contributed by atoms with E-state index >= 15 is 0 Å². The summed E-state index contributed by atoms with van der Waals surface area (Å²) < 4.78 is 6.47. The molecule has 4 nitrogen and oxygen atoms in total. The van der Waals surface area contributed by atoms with E-state index in [1.165, 1.54) is 0 Å². The molecule has 0 saturated heterocycles. The van der Waals surface area contributed by atoms with Gasteiger partial charge in [0.2, 0.25) is 0 Å². The molecule has 0 aliphatic carbocycles. The van der Waals surface area contributed by atoms with E-state index in [1.54, 1.807) is 0 Å². The zero-order chi connectivity index (χ0) is 15.2. The Morgan fingerprint density at radius 2 is 2.05 bits per heavy atom. The number of carbonyl (C=O) groups is 1. The summed E-state index contributed by atoms with van der Waals surface area (Å²) in [6.07, 6.45) is 0. The fraction of sp³-hybridized carbons (Fsp3) is 0.188. The lowest BCUT2D eigenvalue weighted by Gasteiger charge is -2.13. The van der Waals surface area contributed by atoms with Gasteiger partial charge in [-0.1, -0.05) is 34.1 Å². The second-order valence-corrected chi connectivity index (χ2v) is 5.59. The molecule has 0 aliphatic rings. The Balaban J connectivity index is 2.07. The van der Waals surface area contributed by atoms with Crippen LogP contribution in [-0.2, 0) is 11.3 Å². The lowest BCUT2D eigenvalue weighted by Crippen LogP contribution is -2.20. The number of amides is 1. The van der Waals surface area contributed by atoms with Crippen molar-refractivity contribution in [1.82, 2.24) is 0 Å². The van der Waals surface area contributed by atoms with Gasteiger partial charge in [0.15, 0.2) is 6.61 Å². The Bertz CT molecular complexity index is 644. The summed E-state index contributed by atoms with van der Waals surface area (Å²) in [6, 6.07) is 13.6. The number of hydrogen-bond acceptors (Lipinski definition) is 3. The Labute approximate surface area is 132 Å². The fourth-order valence-corrected chi connectivity index (χ4v) is 2.43. The molecule has 0 fully saturated rings. The van der Waals surface area contributed by atoms with Gasteiger partial charge in [-0.3, -0.25) is 4.79 Å². The lowest BCUT2D eigenvalue weighted by molar-refractivity contribution is -0.119. The van der Waals surface area contributed by atoms with E-state index in [0.29, 0.717) is 12.3 Å². The Kier molecular flexibility index (Phi) is 5.22. The standard InChI is InChI=1S/C16H17BrN2O2/c1-11-8-13(17)6-7-14(11)19-9-12-4-2-3-5-15(12)21-10-16(18)20/h2-8,19H,9-10H2,1H3,(H2,18,20). The van der Waals surface area contributed by atoms with Crippen LogP contribution < -0.4 is 15.8 Å². The molecule has 0 aromatic heterocycles. The number of anilines is 1. The number of rotatable bonds is 6. The molecule has 21 heavy (non-hydrogen) atoms. The molecule has 0 atom stereocenters. The molecule has 0 unspecified atom stereocenters. The number of carbonyl (C=O) groups excluding carboxylic acids is 1. The third-order valence-corrected chi connectivity index (χ3v) is 3.49. The van der Waals surface area contributed by atoms with Crippen LogP contribution in [-0.4, -0.2) is 12.5 Å². The van der Waals surface area contributed by atoms with Crippen LogP contribution in [0, 0.1) is 6.92 Å². The quantitative estimate of drug-likeness (QED) is 0.842. The van der Waals surface area contributed by atoms with Crippen molar-refractivity contribution in [2.24, 2.45) is 5.73 Å². The number of nitrogens with two attached hydrogens (primary N) is 1. The van der Waals surface area contributed by atoms with Crippen LogP contribution >= 0.6 is 15.9 Å². The molecule has 0 spiro atoms. The number of halogens is 1. The van der Waals surface area contributed by atoms with Crippen LogP contribution in [0.3, 0.4) is 0 Å². The summed E-state index contributed by atoms with van der Waals surface area (Å²) in [5.74, 6) is 0.181. The highest BCUT2D eigenvalue weighted by Gasteiger charge is 2.05. The minimum Gasteiger partial charge on any atom is -0.483 e. The molecule has 0 heterocycles. The summed E-state index contributed by atoms with van der Waals surface area (Å²) in [5, 5.41) is 3.37. The normalized spacial score (nSPS) is 10.2. The first kappa shape index (κ1) is 15.4. The summed E-state index contributed by atoms with van der Waals surface area (Å²) in [6.45, 7) is 2.54. The summed E-state index contributed by atoms with van der Waals surface area (Å²) >= 11 is 3.45. The Hall–Kier alpha value is -2.01. The van der Waals surface area contributed by atoms with Gasteiger partial charge in [0.05, 0.1) is 0 Å². The van der Waals surface area contributed by atoms with Crippen molar-refractivity contribution in [3.63, 3.8) is 0 Å². The van der Waals surface area contributed by atoms with Gasteiger partial charge in [-0.2, -0.15) is 0 Å². The monoisotopic (exact) mass is 348 g/mol. The minimum atomic E-state index is -0.485. The first-order valence-corrected chi connectivity index (χ1v) is 7.34. The van der Waals surface area contributed by atoms with Gasteiger partial charge in [-0.25, -0.2) is 0 Å². The van der Waals surface area contributed by atoms with E-state index in [0.717, 1.165) is 21.3 Å². The topological polar surface area (TPSA) is 64.3 Å². The second kappa shape index (κ2) is 7.13. The predicted octanol–water partition coefficient (Wildman–Crippen LogP) is 3.23. The molecule has 0 aliphatic heterocycles. The third-order valence-electron chi connectivity index (χ3n) is 3.00. The number of aryl methyl sites for hydroxylation is 1. The van der Waals surface area contributed by atoms with Gasteiger partial charge in [-0.05, 0) is 36.8 Å². The molecule has 5 heteroatoms. The van der Waals surface area contributed by atoms with E-state index in [1.807, 2.05) is 43.3 Å². The molecule has 2 aromatic rings. The molecule has 0 bridgehead atoms. The van der Waals surface area contributed by atoms with Gasteiger partial charge in [0, 0.05) is 22.3 Å². The van der Waals surface area contributed by atoms with Crippen LogP contribution in [0.15, 0.2) is 46.9 Å². The molecular weight excluding hydrogens is 332 g/mol. The van der Waals surface area contributed by atoms with Crippen molar-refractivity contribution in [2.75, 3.05) is 11.9 Å². The van der Waals surface area contributed by atoms with E-state index < -0.39 is 5.91 Å². The highest BCUT2D eigenvalue weighted by molar-refractivity contribution is 9.10. The highest BCUT2D eigenvalue weighted by atomic mass is 79.9. The van der Waals surface area contributed by atoms with E-state index in [9.17, 15) is 4.79 Å². The second-order valence-electron chi connectivity index (χ2n) is 4.68. The maximum atomic E-state index is 10.8. The van der Waals surface area contributed by atoms with Crippen molar-refractivity contribution >= 4 is 27.5 Å². The number of para-hydroxylation sites is 1. The van der Waals surface area contributed by atoms with Crippen LogP contribution in [0.1, 0.15) is 11.1 Å². The molecule has 1 amide bonds. The van der Waals surface area contributed by atoms with Gasteiger partial charge in [0.25, 0.3) is 5.91 Å².